The molecule has 0 aromatic heterocycles. The van der Waals surface area contributed by atoms with Gasteiger partial charge in [0.15, 0.2) is 0 Å². The Balaban J connectivity index is 2.03. The Labute approximate surface area is 160 Å². The predicted molar refractivity (Wildman–Crippen MR) is 104 cm³/mol. The molecular formula is C21H26N2O4. The maximum atomic E-state index is 12.6. The number of benzene rings is 2. The van der Waals surface area contributed by atoms with E-state index in [9.17, 15) is 9.59 Å². The number of amides is 2. The first-order valence-electron chi connectivity index (χ1n) is 8.69. The van der Waals surface area contributed by atoms with Crippen LogP contribution in [0, 0.1) is 6.92 Å². The van der Waals surface area contributed by atoms with E-state index in [2.05, 4.69) is 5.32 Å². The molecule has 1 N–H and O–H groups in total. The molecule has 0 aliphatic carbocycles. The van der Waals surface area contributed by atoms with Crippen molar-refractivity contribution in [3.63, 3.8) is 0 Å². The zero-order chi connectivity index (χ0) is 20.0. The molecule has 2 amide bonds. The minimum absolute atomic E-state index is 0.186. The summed E-state index contributed by atoms with van der Waals surface area (Å²) < 4.78 is 10.6. The molecule has 0 aliphatic heterocycles. The van der Waals surface area contributed by atoms with Gasteiger partial charge >= 0.3 is 0 Å². The van der Waals surface area contributed by atoms with Gasteiger partial charge in [0, 0.05) is 30.8 Å². The molecule has 2 rings (SSSR count). The van der Waals surface area contributed by atoms with Crippen LogP contribution in [-0.4, -0.2) is 44.0 Å². The van der Waals surface area contributed by atoms with Crippen LogP contribution in [0.5, 0.6) is 11.5 Å². The van der Waals surface area contributed by atoms with Crippen molar-refractivity contribution in [2.75, 3.05) is 21.3 Å². The lowest BCUT2D eigenvalue weighted by atomic mass is 10.1. The van der Waals surface area contributed by atoms with E-state index < -0.39 is 6.04 Å². The standard InChI is InChI=1S/C21H26N2O4/c1-14-7-6-8-16(11-14)20(24)22-15(2)21(25)23(3)13-17-9-10-18(26-4)12-19(17)27-5/h6-12,15H,13H2,1-5H3,(H,22,24). The molecule has 0 heterocycles. The number of nitrogens with zero attached hydrogens (tertiary/aromatic N) is 1. The second kappa shape index (κ2) is 9.07. The molecule has 1 atom stereocenters. The van der Waals surface area contributed by atoms with Gasteiger partial charge in [0.1, 0.15) is 17.5 Å². The number of likely N-dealkylation sites (N-methyl/N-ethyl adjacent to an activating group) is 1. The summed E-state index contributed by atoms with van der Waals surface area (Å²) in [7, 11) is 4.86. The van der Waals surface area contributed by atoms with Crippen LogP contribution in [0.2, 0.25) is 0 Å². The van der Waals surface area contributed by atoms with Crippen molar-refractivity contribution >= 4 is 11.8 Å². The first-order chi connectivity index (χ1) is 12.8. The highest BCUT2D eigenvalue weighted by Crippen LogP contribution is 2.25. The summed E-state index contributed by atoms with van der Waals surface area (Å²) in [5.41, 5.74) is 2.38. The van der Waals surface area contributed by atoms with Crippen molar-refractivity contribution in [1.82, 2.24) is 10.2 Å². The number of carbonyl (C=O) groups is 2. The fourth-order valence-electron chi connectivity index (χ4n) is 2.77. The van der Waals surface area contributed by atoms with E-state index in [4.69, 9.17) is 9.47 Å². The molecule has 0 bridgehead atoms. The molecule has 0 saturated carbocycles. The van der Waals surface area contributed by atoms with Gasteiger partial charge in [0.2, 0.25) is 5.91 Å². The molecular weight excluding hydrogens is 344 g/mol. The minimum atomic E-state index is -0.646. The Morgan fingerprint density at radius 3 is 2.48 bits per heavy atom. The zero-order valence-corrected chi connectivity index (χ0v) is 16.4. The average molecular weight is 370 g/mol. The molecule has 0 saturated heterocycles. The van der Waals surface area contributed by atoms with Gasteiger partial charge in [-0.3, -0.25) is 9.59 Å². The van der Waals surface area contributed by atoms with Crippen LogP contribution in [0.4, 0.5) is 0 Å². The maximum absolute atomic E-state index is 12.6. The molecule has 0 spiro atoms. The summed E-state index contributed by atoms with van der Waals surface area (Å²) in [5, 5.41) is 2.76. The maximum Gasteiger partial charge on any atom is 0.251 e. The van der Waals surface area contributed by atoms with Crippen molar-refractivity contribution in [2.45, 2.75) is 26.4 Å². The third kappa shape index (κ3) is 5.23. The van der Waals surface area contributed by atoms with Crippen LogP contribution in [0.25, 0.3) is 0 Å². The summed E-state index contributed by atoms with van der Waals surface area (Å²) in [4.78, 5) is 26.6. The molecule has 6 nitrogen and oxygen atoms in total. The van der Waals surface area contributed by atoms with Crippen molar-refractivity contribution in [2.24, 2.45) is 0 Å². The van der Waals surface area contributed by atoms with Gasteiger partial charge in [0.05, 0.1) is 14.2 Å². The summed E-state index contributed by atoms with van der Waals surface area (Å²) in [6.45, 7) is 3.95. The van der Waals surface area contributed by atoms with Crippen LogP contribution >= 0.6 is 0 Å². The van der Waals surface area contributed by atoms with E-state index in [0.29, 0.717) is 23.6 Å². The number of carbonyl (C=O) groups excluding carboxylic acids is 2. The highest BCUT2D eigenvalue weighted by molar-refractivity contribution is 5.97. The van der Waals surface area contributed by atoms with Gasteiger partial charge in [-0.1, -0.05) is 17.7 Å². The quantitative estimate of drug-likeness (QED) is 0.814. The van der Waals surface area contributed by atoms with Crippen LogP contribution in [0.3, 0.4) is 0 Å². The smallest absolute Gasteiger partial charge is 0.251 e. The SMILES string of the molecule is COc1ccc(CN(C)C(=O)C(C)NC(=O)c2cccc(C)c2)c(OC)c1. The molecule has 0 radical (unpaired) electrons. The summed E-state index contributed by atoms with van der Waals surface area (Å²) >= 11 is 0. The Bertz CT molecular complexity index is 820. The monoisotopic (exact) mass is 370 g/mol. The molecule has 144 valence electrons. The molecule has 6 heteroatoms. The summed E-state index contributed by atoms with van der Waals surface area (Å²) in [6.07, 6.45) is 0. The zero-order valence-electron chi connectivity index (χ0n) is 16.4. The fraction of sp³-hybridized carbons (Fsp3) is 0.333. The Morgan fingerprint density at radius 1 is 1.11 bits per heavy atom. The molecule has 2 aromatic carbocycles. The third-order valence-corrected chi connectivity index (χ3v) is 4.28. The topological polar surface area (TPSA) is 67.9 Å². The van der Waals surface area contributed by atoms with Gasteiger partial charge in [-0.25, -0.2) is 0 Å². The van der Waals surface area contributed by atoms with Crippen molar-refractivity contribution in [3.8, 4) is 11.5 Å². The largest absolute Gasteiger partial charge is 0.497 e. The Hall–Kier alpha value is -3.02. The molecule has 2 aromatic rings. The number of rotatable bonds is 7. The third-order valence-electron chi connectivity index (χ3n) is 4.28. The molecule has 0 aliphatic rings. The van der Waals surface area contributed by atoms with Crippen molar-refractivity contribution in [1.29, 1.82) is 0 Å². The van der Waals surface area contributed by atoms with Gasteiger partial charge in [-0.15, -0.1) is 0 Å². The number of aryl methyl sites for hydroxylation is 1. The van der Waals surface area contributed by atoms with Crippen molar-refractivity contribution < 1.29 is 19.1 Å². The Kier molecular flexibility index (Phi) is 6.82. The highest BCUT2D eigenvalue weighted by Gasteiger charge is 2.21. The van der Waals surface area contributed by atoms with E-state index in [1.54, 1.807) is 51.3 Å². The minimum Gasteiger partial charge on any atom is -0.497 e. The number of hydrogen-bond donors (Lipinski definition) is 1. The molecule has 0 fully saturated rings. The second-order valence-electron chi connectivity index (χ2n) is 6.44. The van der Waals surface area contributed by atoms with E-state index in [0.717, 1.165) is 11.1 Å². The number of hydrogen-bond acceptors (Lipinski definition) is 4. The number of methoxy groups -OCH3 is 2. The average Bonchev–Trinajstić information content (AvgIpc) is 2.67. The van der Waals surface area contributed by atoms with E-state index in [-0.39, 0.29) is 11.8 Å². The normalized spacial score (nSPS) is 11.4. The van der Waals surface area contributed by atoms with Gasteiger partial charge < -0.3 is 19.7 Å². The number of ether oxygens (including phenoxy) is 2. The summed E-state index contributed by atoms with van der Waals surface area (Å²) in [5.74, 6) is 0.873. The fourth-order valence-corrected chi connectivity index (χ4v) is 2.77. The summed E-state index contributed by atoms with van der Waals surface area (Å²) in [6, 6.07) is 12.1. The first kappa shape index (κ1) is 20.3. The number of nitrogens with one attached hydrogen (secondary N) is 1. The predicted octanol–water partition coefficient (Wildman–Crippen LogP) is 2.79. The lowest BCUT2D eigenvalue weighted by Crippen LogP contribution is -2.45. The van der Waals surface area contributed by atoms with E-state index >= 15 is 0 Å². The van der Waals surface area contributed by atoms with E-state index in [1.165, 1.54) is 0 Å². The van der Waals surface area contributed by atoms with Crippen LogP contribution in [-0.2, 0) is 11.3 Å². The second-order valence-corrected chi connectivity index (χ2v) is 6.44. The molecule has 27 heavy (non-hydrogen) atoms. The molecule has 1 unspecified atom stereocenters. The van der Waals surface area contributed by atoms with Crippen LogP contribution < -0.4 is 14.8 Å². The van der Waals surface area contributed by atoms with Crippen molar-refractivity contribution in [3.05, 3.63) is 59.2 Å². The Morgan fingerprint density at radius 2 is 1.85 bits per heavy atom. The van der Waals surface area contributed by atoms with Crippen LogP contribution in [0.1, 0.15) is 28.4 Å². The van der Waals surface area contributed by atoms with Gasteiger partial charge in [-0.2, -0.15) is 0 Å². The lowest BCUT2D eigenvalue weighted by molar-refractivity contribution is -0.132. The van der Waals surface area contributed by atoms with Gasteiger partial charge in [-0.05, 0) is 38.1 Å². The van der Waals surface area contributed by atoms with Gasteiger partial charge in [0.25, 0.3) is 5.91 Å². The van der Waals surface area contributed by atoms with E-state index in [1.807, 2.05) is 31.2 Å². The van der Waals surface area contributed by atoms with Crippen LogP contribution in [0.15, 0.2) is 42.5 Å². The first-order valence-corrected chi connectivity index (χ1v) is 8.69. The highest BCUT2D eigenvalue weighted by atomic mass is 16.5. The lowest BCUT2D eigenvalue weighted by Gasteiger charge is -2.23.